The summed E-state index contributed by atoms with van der Waals surface area (Å²) in [5.41, 5.74) is 2.81. The van der Waals surface area contributed by atoms with Gasteiger partial charge in [-0.3, -0.25) is 4.79 Å². The molecule has 6 rings (SSSR count). The zero-order chi connectivity index (χ0) is 27.0. The van der Waals surface area contributed by atoms with E-state index < -0.39 is 20.4 Å². The highest BCUT2D eigenvalue weighted by Gasteiger charge is 2.46. The number of ether oxygens (including phenoxy) is 1. The van der Waals surface area contributed by atoms with Crippen molar-refractivity contribution in [2.45, 2.75) is 95.2 Å². The largest absolute Gasteiger partial charge is 0.508 e. The molecule has 1 radical (unpaired) electrons. The number of fused-ring (bicyclic) bond motifs is 5. The number of hydrogen-bond acceptors (Lipinski definition) is 6. The molecule has 2 aromatic heterocycles. The average Bonchev–Trinajstić information content (AvgIpc) is 3.28. The number of pyridine rings is 2. The van der Waals surface area contributed by atoms with Crippen LogP contribution in [0, 0.1) is 0 Å². The lowest BCUT2D eigenvalue weighted by molar-refractivity contribution is -0.172. The second kappa shape index (κ2) is 8.78. The lowest BCUT2D eigenvalue weighted by Gasteiger charge is -2.41. The molecule has 0 aliphatic carbocycles. The smallest absolute Gasteiger partial charge is 0.343 e. The molecule has 0 amide bonds. The Kier molecular flexibility index (Phi) is 5.85. The Hall–Kier alpha value is -2.97. The number of cyclic esters (lactones) is 1. The number of carbonyl (C=O) groups excluding carboxylic acids is 1. The van der Waals surface area contributed by atoms with Crippen LogP contribution in [0.3, 0.4) is 0 Å². The number of esters is 1. The summed E-state index contributed by atoms with van der Waals surface area (Å²) in [5, 5.41) is 22.7. The van der Waals surface area contributed by atoms with Crippen molar-refractivity contribution in [3.05, 3.63) is 56.9 Å². The second-order valence-electron chi connectivity index (χ2n) is 11.8. The van der Waals surface area contributed by atoms with Crippen molar-refractivity contribution in [2.75, 3.05) is 0 Å². The van der Waals surface area contributed by atoms with E-state index in [4.69, 9.17) is 9.72 Å². The Bertz CT molecular complexity index is 1540. The Morgan fingerprint density at radius 3 is 2.61 bits per heavy atom. The number of phenols is 1. The van der Waals surface area contributed by atoms with Gasteiger partial charge in [-0.1, -0.05) is 59.0 Å². The van der Waals surface area contributed by atoms with Crippen molar-refractivity contribution < 1.29 is 19.7 Å². The molecule has 2 unspecified atom stereocenters. The SMILES string of the molecule is CCC1(O)C(=O)OCc2c1cc1n(c2=O)Cc2c-1nc1ccc(O)cc1c2C(C)C(C)(C)[Si]1CCCCC1. The van der Waals surface area contributed by atoms with Crippen LogP contribution in [-0.2, 0) is 28.3 Å². The predicted molar refractivity (Wildman–Crippen MR) is 148 cm³/mol. The van der Waals surface area contributed by atoms with Crippen LogP contribution in [0.2, 0.25) is 17.1 Å². The second-order valence-corrected chi connectivity index (χ2v) is 15.3. The first-order valence-electron chi connectivity index (χ1n) is 13.8. The van der Waals surface area contributed by atoms with E-state index in [1.54, 1.807) is 23.6 Å². The fraction of sp³-hybridized carbons (Fsp3) is 0.500. The maximum absolute atomic E-state index is 13.8. The molecule has 2 atom stereocenters. The van der Waals surface area contributed by atoms with Gasteiger partial charge in [-0.2, -0.15) is 0 Å². The van der Waals surface area contributed by atoms with Gasteiger partial charge >= 0.3 is 5.97 Å². The van der Waals surface area contributed by atoms with Crippen LogP contribution in [0.5, 0.6) is 5.75 Å². The number of phenolic OH excluding ortho intramolecular Hbond substituents is 1. The Morgan fingerprint density at radius 2 is 1.89 bits per heavy atom. The monoisotopic (exact) mass is 531 g/mol. The number of carbonyl (C=O) groups is 1. The van der Waals surface area contributed by atoms with Gasteiger partial charge in [0, 0.05) is 16.5 Å². The van der Waals surface area contributed by atoms with E-state index in [2.05, 4.69) is 20.8 Å². The summed E-state index contributed by atoms with van der Waals surface area (Å²) < 4.78 is 6.95. The molecule has 0 saturated carbocycles. The summed E-state index contributed by atoms with van der Waals surface area (Å²) in [6.45, 7) is 9.03. The number of rotatable bonds is 4. The average molecular weight is 532 g/mol. The van der Waals surface area contributed by atoms with E-state index in [-0.39, 0.29) is 35.3 Å². The molecule has 3 aliphatic rings. The molecule has 38 heavy (non-hydrogen) atoms. The van der Waals surface area contributed by atoms with Crippen molar-refractivity contribution in [3.63, 3.8) is 0 Å². The molecule has 1 aromatic carbocycles. The third-order valence-corrected chi connectivity index (χ3v) is 13.8. The van der Waals surface area contributed by atoms with Gasteiger partial charge in [0.05, 0.1) is 37.8 Å². The molecule has 5 heterocycles. The summed E-state index contributed by atoms with van der Waals surface area (Å²) >= 11 is 0. The van der Waals surface area contributed by atoms with Crippen LogP contribution < -0.4 is 5.56 Å². The minimum absolute atomic E-state index is 0.0975. The molecule has 3 aromatic rings. The number of aromatic hydroxyl groups is 1. The minimum atomic E-state index is -1.85. The molecule has 8 heteroatoms. The van der Waals surface area contributed by atoms with E-state index in [0.29, 0.717) is 23.4 Å². The van der Waals surface area contributed by atoms with E-state index in [0.717, 1.165) is 27.7 Å². The van der Waals surface area contributed by atoms with Gasteiger partial charge in [-0.05, 0) is 47.2 Å². The number of aromatic nitrogens is 2. The maximum atomic E-state index is 13.8. The van der Waals surface area contributed by atoms with E-state index in [1.165, 1.54) is 31.4 Å². The van der Waals surface area contributed by atoms with Gasteiger partial charge in [0.1, 0.15) is 12.4 Å². The highest BCUT2D eigenvalue weighted by Crippen LogP contribution is 2.52. The van der Waals surface area contributed by atoms with Crippen molar-refractivity contribution in [1.29, 1.82) is 0 Å². The van der Waals surface area contributed by atoms with Gasteiger partial charge in [-0.15, -0.1) is 0 Å². The lowest BCUT2D eigenvalue weighted by atomic mass is 9.83. The van der Waals surface area contributed by atoms with Crippen LogP contribution in [0.1, 0.15) is 81.5 Å². The normalized spacial score (nSPS) is 22.1. The van der Waals surface area contributed by atoms with Crippen LogP contribution in [0.25, 0.3) is 22.3 Å². The van der Waals surface area contributed by atoms with Crippen LogP contribution in [0.15, 0.2) is 29.1 Å². The summed E-state index contributed by atoms with van der Waals surface area (Å²) in [5.74, 6) is -0.333. The quantitative estimate of drug-likeness (QED) is 0.272. The Labute approximate surface area is 224 Å². The fourth-order valence-corrected chi connectivity index (χ4v) is 10.5. The van der Waals surface area contributed by atoms with Crippen molar-refractivity contribution >= 4 is 25.7 Å². The molecule has 3 aliphatic heterocycles. The fourth-order valence-electron chi connectivity index (χ4n) is 6.88. The number of aliphatic hydroxyl groups is 1. The van der Waals surface area contributed by atoms with Crippen LogP contribution in [-0.4, -0.2) is 34.5 Å². The number of nitrogens with zero attached hydrogens (tertiary/aromatic N) is 2. The first-order chi connectivity index (χ1) is 18.1. The first-order valence-corrected chi connectivity index (χ1v) is 15.7. The number of hydrogen-bond donors (Lipinski definition) is 2. The predicted octanol–water partition coefficient (Wildman–Crippen LogP) is 5.35. The third-order valence-electron chi connectivity index (χ3n) is 9.60. The van der Waals surface area contributed by atoms with Gasteiger partial charge in [0.2, 0.25) is 0 Å². The summed E-state index contributed by atoms with van der Waals surface area (Å²) in [6.07, 6.45) is 4.03. The third kappa shape index (κ3) is 3.53. The molecule has 0 bridgehead atoms. The molecule has 7 nitrogen and oxygen atoms in total. The summed E-state index contributed by atoms with van der Waals surface area (Å²) in [7, 11) is -0.616. The van der Waals surface area contributed by atoms with Gasteiger partial charge in [-0.25, -0.2) is 9.78 Å². The Balaban J connectivity index is 1.60. The van der Waals surface area contributed by atoms with Crippen molar-refractivity contribution in [3.8, 4) is 17.1 Å². The number of benzene rings is 1. The molecule has 1 saturated heterocycles. The highest BCUT2D eigenvalue weighted by atomic mass is 28.3. The van der Waals surface area contributed by atoms with Crippen molar-refractivity contribution in [2.24, 2.45) is 0 Å². The van der Waals surface area contributed by atoms with Crippen molar-refractivity contribution in [1.82, 2.24) is 9.55 Å². The first kappa shape index (κ1) is 25.3. The minimum Gasteiger partial charge on any atom is -0.508 e. The Morgan fingerprint density at radius 1 is 1.16 bits per heavy atom. The van der Waals surface area contributed by atoms with Gasteiger partial charge < -0.3 is 19.5 Å². The van der Waals surface area contributed by atoms with Crippen LogP contribution in [0.4, 0.5) is 0 Å². The molecule has 199 valence electrons. The summed E-state index contributed by atoms with van der Waals surface area (Å²) in [4.78, 5) is 31.3. The zero-order valence-corrected chi connectivity index (χ0v) is 23.6. The topological polar surface area (TPSA) is 102 Å². The lowest BCUT2D eigenvalue weighted by Crippen LogP contribution is -2.44. The van der Waals surface area contributed by atoms with Gasteiger partial charge in [0.15, 0.2) is 5.60 Å². The molecular weight excluding hydrogens is 496 g/mol. The zero-order valence-electron chi connectivity index (χ0n) is 22.6. The van der Waals surface area contributed by atoms with E-state index in [9.17, 15) is 19.8 Å². The maximum Gasteiger partial charge on any atom is 0.343 e. The molecule has 0 spiro atoms. The van der Waals surface area contributed by atoms with Crippen LogP contribution >= 0.6 is 0 Å². The standard InChI is InChI=1S/C30H35N2O5Si/c1-5-30(36)22-14-24-26-20(15-32(24)27(34)21(22)16-37-28(30)35)25(19-13-18(33)9-10-23(19)31-26)17(2)29(3,4)38-11-7-6-8-12-38/h9-10,13-14,17,33,36H,5-8,11-12,15-16H2,1-4H3. The van der Waals surface area contributed by atoms with E-state index in [1.807, 2.05) is 12.1 Å². The summed E-state index contributed by atoms with van der Waals surface area (Å²) in [6, 6.07) is 9.70. The van der Waals surface area contributed by atoms with E-state index >= 15 is 0 Å². The molecule has 1 fully saturated rings. The molecular formula is C30H35N2O5Si. The molecule has 2 N–H and O–H groups in total. The highest BCUT2D eigenvalue weighted by molar-refractivity contribution is 6.62. The van der Waals surface area contributed by atoms with Gasteiger partial charge in [0.25, 0.3) is 5.56 Å².